The maximum absolute atomic E-state index is 4.13. The molecule has 1 rings (SSSR count). The van der Waals surface area contributed by atoms with Crippen molar-refractivity contribution in [2.24, 2.45) is 17.3 Å². The molecule has 0 aromatic rings. The maximum atomic E-state index is 4.13. The third kappa shape index (κ3) is 4.72. The largest absolute Gasteiger partial charge is 0.386 e. The molecule has 0 spiro atoms. The second-order valence-electron chi connectivity index (χ2n) is 6.47. The number of nitrogens with one attached hydrogen (secondary N) is 1. The standard InChI is InChI=1S/C14H27N/c1-10(9-14(4,5)6)15-12(3)11(2)13-7-8-13/h11-13,15H,1,7-9H2,2-6H3. The molecule has 2 atom stereocenters. The Bertz CT molecular complexity index is 220. The molecule has 2 unspecified atom stereocenters. The molecule has 0 aliphatic heterocycles. The fourth-order valence-corrected chi connectivity index (χ4v) is 2.17. The number of rotatable bonds is 5. The average Bonchev–Trinajstić information content (AvgIpc) is 2.80. The Morgan fingerprint density at radius 2 is 1.87 bits per heavy atom. The quantitative estimate of drug-likeness (QED) is 0.722. The van der Waals surface area contributed by atoms with Crippen LogP contribution in [-0.2, 0) is 0 Å². The molecular formula is C14H27N. The first-order valence-corrected chi connectivity index (χ1v) is 6.24. The van der Waals surface area contributed by atoms with Crippen LogP contribution in [0.3, 0.4) is 0 Å². The molecule has 1 heteroatoms. The van der Waals surface area contributed by atoms with Crippen LogP contribution >= 0.6 is 0 Å². The van der Waals surface area contributed by atoms with Crippen molar-refractivity contribution < 1.29 is 0 Å². The molecule has 0 aromatic heterocycles. The zero-order valence-electron chi connectivity index (χ0n) is 11.1. The summed E-state index contributed by atoms with van der Waals surface area (Å²) in [5.74, 6) is 1.76. The fraction of sp³-hybridized carbons (Fsp3) is 0.857. The molecule has 0 radical (unpaired) electrons. The monoisotopic (exact) mass is 209 g/mol. The molecule has 88 valence electrons. The van der Waals surface area contributed by atoms with E-state index in [1.807, 2.05) is 0 Å². The Morgan fingerprint density at radius 3 is 2.27 bits per heavy atom. The Balaban J connectivity index is 2.30. The molecule has 1 nitrogen and oxygen atoms in total. The zero-order chi connectivity index (χ0) is 11.6. The fourth-order valence-electron chi connectivity index (χ4n) is 2.17. The molecule has 1 aliphatic rings. The lowest BCUT2D eigenvalue weighted by molar-refractivity contribution is 0.351. The molecular weight excluding hydrogens is 182 g/mol. The number of allylic oxidation sites excluding steroid dienone is 1. The van der Waals surface area contributed by atoms with Gasteiger partial charge in [-0.25, -0.2) is 0 Å². The van der Waals surface area contributed by atoms with Gasteiger partial charge in [-0.1, -0.05) is 34.3 Å². The predicted molar refractivity (Wildman–Crippen MR) is 67.7 cm³/mol. The van der Waals surface area contributed by atoms with Gasteiger partial charge < -0.3 is 5.32 Å². The summed E-state index contributed by atoms with van der Waals surface area (Å²) in [6, 6.07) is 0.576. The summed E-state index contributed by atoms with van der Waals surface area (Å²) in [4.78, 5) is 0. The van der Waals surface area contributed by atoms with Gasteiger partial charge in [0.1, 0.15) is 0 Å². The molecule has 15 heavy (non-hydrogen) atoms. The van der Waals surface area contributed by atoms with Crippen molar-refractivity contribution in [3.05, 3.63) is 12.3 Å². The molecule has 0 aromatic carbocycles. The third-order valence-electron chi connectivity index (χ3n) is 3.33. The first-order valence-electron chi connectivity index (χ1n) is 6.24. The highest BCUT2D eigenvalue weighted by atomic mass is 14.9. The molecule has 1 aliphatic carbocycles. The lowest BCUT2D eigenvalue weighted by Gasteiger charge is -2.27. The smallest absolute Gasteiger partial charge is 0.0258 e. The van der Waals surface area contributed by atoms with E-state index in [-0.39, 0.29) is 0 Å². The van der Waals surface area contributed by atoms with E-state index in [1.54, 1.807) is 0 Å². The van der Waals surface area contributed by atoms with Crippen LogP contribution in [-0.4, -0.2) is 6.04 Å². The highest BCUT2D eigenvalue weighted by Crippen LogP contribution is 2.38. The Kier molecular flexibility index (Phi) is 3.86. The van der Waals surface area contributed by atoms with Gasteiger partial charge in [-0.05, 0) is 43.4 Å². The topological polar surface area (TPSA) is 12.0 Å². The van der Waals surface area contributed by atoms with Crippen LogP contribution in [0.25, 0.3) is 0 Å². The van der Waals surface area contributed by atoms with Gasteiger partial charge in [0.15, 0.2) is 0 Å². The number of hydrogen-bond acceptors (Lipinski definition) is 1. The predicted octanol–water partition coefficient (Wildman–Crippen LogP) is 3.96. The second kappa shape index (κ2) is 4.59. The van der Waals surface area contributed by atoms with Crippen molar-refractivity contribution >= 4 is 0 Å². The Morgan fingerprint density at radius 1 is 1.33 bits per heavy atom. The van der Waals surface area contributed by atoms with Crippen LogP contribution in [0, 0.1) is 17.3 Å². The summed E-state index contributed by atoms with van der Waals surface area (Å²) in [7, 11) is 0. The Labute approximate surface area is 95.3 Å². The highest BCUT2D eigenvalue weighted by Gasteiger charge is 2.31. The molecule has 1 saturated carbocycles. The summed E-state index contributed by atoms with van der Waals surface area (Å²) in [5.41, 5.74) is 1.54. The summed E-state index contributed by atoms with van der Waals surface area (Å²) in [6.07, 6.45) is 3.92. The minimum Gasteiger partial charge on any atom is -0.386 e. The average molecular weight is 209 g/mol. The second-order valence-corrected chi connectivity index (χ2v) is 6.47. The lowest BCUT2D eigenvalue weighted by atomic mass is 9.90. The van der Waals surface area contributed by atoms with Crippen molar-refractivity contribution in [1.29, 1.82) is 0 Å². The van der Waals surface area contributed by atoms with Crippen LogP contribution in [0.15, 0.2) is 12.3 Å². The van der Waals surface area contributed by atoms with Crippen molar-refractivity contribution in [3.63, 3.8) is 0 Å². The van der Waals surface area contributed by atoms with Crippen LogP contribution < -0.4 is 5.32 Å². The summed E-state index contributed by atoms with van der Waals surface area (Å²) in [6.45, 7) is 15.6. The SMILES string of the molecule is C=C(CC(C)(C)C)NC(C)C(C)C1CC1. The number of hydrogen-bond donors (Lipinski definition) is 1. The summed E-state index contributed by atoms with van der Waals surface area (Å²) in [5, 5.41) is 3.56. The van der Waals surface area contributed by atoms with E-state index in [0.717, 1.165) is 18.3 Å². The van der Waals surface area contributed by atoms with E-state index in [4.69, 9.17) is 0 Å². The minimum atomic E-state index is 0.340. The molecule has 0 bridgehead atoms. The van der Waals surface area contributed by atoms with Crippen molar-refractivity contribution in [2.75, 3.05) is 0 Å². The van der Waals surface area contributed by atoms with E-state index < -0.39 is 0 Å². The summed E-state index contributed by atoms with van der Waals surface area (Å²) >= 11 is 0. The van der Waals surface area contributed by atoms with Gasteiger partial charge in [0.2, 0.25) is 0 Å². The van der Waals surface area contributed by atoms with Crippen LogP contribution in [0.5, 0.6) is 0 Å². The van der Waals surface area contributed by atoms with Crippen LogP contribution in [0.4, 0.5) is 0 Å². The van der Waals surface area contributed by atoms with Crippen molar-refractivity contribution in [1.82, 2.24) is 5.32 Å². The van der Waals surface area contributed by atoms with Gasteiger partial charge >= 0.3 is 0 Å². The van der Waals surface area contributed by atoms with Gasteiger partial charge in [-0.3, -0.25) is 0 Å². The van der Waals surface area contributed by atoms with E-state index in [0.29, 0.717) is 11.5 Å². The van der Waals surface area contributed by atoms with Crippen molar-refractivity contribution in [3.8, 4) is 0 Å². The van der Waals surface area contributed by atoms with Crippen molar-refractivity contribution in [2.45, 2.75) is 59.9 Å². The normalized spacial score (nSPS) is 20.9. The molecule has 1 N–H and O–H groups in total. The first-order chi connectivity index (χ1) is 6.79. The molecule has 1 fully saturated rings. The summed E-state index contributed by atoms with van der Waals surface area (Å²) < 4.78 is 0. The maximum Gasteiger partial charge on any atom is 0.0258 e. The highest BCUT2D eigenvalue weighted by molar-refractivity contribution is 4.98. The first kappa shape index (κ1) is 12.6. The van der Waals surface area contributed by atoms with Gasteiger partial charge in [-0.2, -0.15) is 0 Å². The molecule has 0 heterocycles. The van der Waals surface area contributed by atoms with Crippen LogP contribution in [0.2, 0.25) is 0 Å². The van der Waals surface area contributed by atoms with E-state index in [2.05, 4.69) is 46.5 Å². The molecule has 0 amide bonds. The van der Waals surface area contributed by atoms with E-state index in [9.17, 15) is 0 Å². The van der Waals surface area contributed by atoms with Crippen LogP contribution in [0.1, 0.15) is 53.9 Å². The van der Waals surface area contributed by atoms with Gasteiger partial charge in [0, 0.05) is 11.7 Å². The van der Waals surface area contributed by atoms with Gasteiger partial charge in [-0.15, -0.1) is 0 Å². The van der Waals surface area contributed by atoms with Gasteiger partial charge in [0.25, 0.3) is 0 Å². The van der Waals surface area contributed by atoms with E-state index >= 15 is 0 Å². The zero-order valence-corrected chi connectivity index (χ0v) is 11.1. The Hall–Kier alpha value is -0.460. The van der Waals surface area contributed by atoms with Gasteiger partial charge in [0.05, 0.1) is 0 Å². The lowest BCUT2D eigenvalue weighted by Crippen LogP contribution is -2.33. The third-order valence-corrected chi connectivity index (χ3v) is 3.33. The molecule has 0 saturated heterocycles. The van der Waals surface area contributed by atoms with E-state index in [1.165, 1.54) is 18.5 Å². The minimum absolute atomic E-state index is 0.340.